The lowest BCUT2D eigenvalue weighted by Crippen LogP contribution is -2.43. The molecule has 1 aliphatic rings. The van der Waals surface area contributed by atoms with Crippen molar-refractivity contribution < 1.29 is 0 Å². The Morgan fingerprint density at radius 1 is 1.37 bits per heavy atom. The molecule has 1 aromatic rings. The van der Waals surface area contributed by atoms with Crippen molar-refractivity contribution in [3.8, 4) is 0 Å². The average molecular weight is 259 g/mol. The Morgan fingerprint density at radius 3 is 2.63 bits per heavy atom. The number of nitrogens with two attached hydrogens (primary N) is 1. The van der Waals surface area contributed by atoms with Crippen molar-refractivity contribution in [3.63, 3.8) is 0 Å². The molecule has 19 heavy (non-hydrogen) atoms. The highest BCUT2D eigenvalue weighted by Gasteiger charge is 2.29. The molecule has 0 spiro atoms. The molecule has 1 aromatic carbocycles. The van der Waals surface area contributed by atoms with Crippen molar-refractivity contribution in [1.82, 2.24) is 4.90 Å². The molecule has 3 N–H and O–H groups in total. The number of amidine groups is 1. The van der Waals surface area contributed by atoms with Crippen LogP contribution in [0.5, 0.6) is 0 Å². The molecular formula is C16H25N3. The zero-order chi connectivity index (χ0) is 13.8. The number of nitrogens with one attached hydrogen (secondary N) is 1. The van der Waals surface area contributed by atoms with Gasteiger partial charge in [0.25, 0.3) is 0 Å². The summed E-state index contributed by atoms with van der Waals surface area (Å²) in [6.45, 7) is 5.73. The van der Waals surface area contributed by atoms with Crippen LogP contribution in [0.4, 0.5) is 0 Å². The number of rotatable bonds is 4. The smallest absolute Gasteiger partial charge is 0.0924 e. The summed E-state index contributed by atoms with van der Waals surface area (Å²) < 4.78 is 0. The van der Waals surface area contributed by atoms with Crippen molar-refractivity contribution in [2.45, 2.75) is 45.2 Å². The predicted molar refractivity (Wildman–Crippen MR) is 80.3 cm³/mol. The number of hydrogen-bond donors (Lipinski definition) is 2. The highest BCUT2D eigenvalue weighted by Crippen LogP contribution is 2.32. The Labute approximate surface area is 116 Å². The quantitative estimate of drug-likeness (QED) is 0.644. The molecule has 3 unspecified atom stereocenters. The lowest BCUT2D eigenvalue weighted by molar-refractivity contribution is 0.0840. The summed E-state index contributed by atoms with van der Waals surface area (Å²) >= 11 is 0. The number of likely N-dealkylation sites (tertiary alicyclic amines) is 1. The van der Waals surface area contributed by atoms with E-state index in [1.165, 1.54) is 18.4 Å². The second kappa shape index (κ2) is 6.20. The summed E-state index contributed by atoms with van der Waals surface area (Å²) in [7, 11) is 0. The molecule has 0 aromatic heterocycles. The third-order valence-electron chi connectivity index (χ3n) is 4.19. The van der Waals surface area contributed by atoms with Crippen LogP contribution in [0.3, 0.4) is 0 Å². The van der Waals surface area contributed by atoms with Crippen LogP contribution in [0.15, 0.2) is 30.3 Å². The molecular weight excluding hydrogens is 234 g/mol. The minimum atomic E-state index is 0.251. The first-order chi connectivity index (χ1) is 9.08. The Bertz CT molecular complexity index is 415. The molecule has 1 saturated heterocycles. The lowest BCUT2D eigenvalue weighted by Gasteiger charge is -2.42. The van der Waals surface area contributed by atoms with Crippen LogP contribution in [0.1, 0.15) is 44.7 Å². The van der Waals surface area contributed by atoms with Gasteiger partial charge in [-0.2, -0.15) is 0 Å². The van der Waals surface area contributed by atoms with Gasteiger partial charge in [0.15, 0.2) is 0 Å². The fourth-order valence-corrected chi connectivity index (χ4v) is 3.20. The molecule has 1 fully saturated rings. The molecule has 104 valence electrons. The van der Waals surface area contributed by atoms with E-state index in [-0.39, 0.29) is 11.9 Å². The zero-order valence-corrected chi connectivity index (χ0v) is 12.0. The van der Waals surface area contributed by atoms with Gasteiger partial charge in [0.2, 0.25) is 0 Å². The largest absolute Gasteiger partial charge is 0.388 e. The Kier molecular flexibility index (Phi) is 4.59. The topological polar surface area (TPSA) is 53.1 Å². The van der Waals surface area contributed by atoms with Crippen LogP contribution in [-0.4, -0.2) is 23.3 Å². The predicted octanol–water partition coefficient (Wildman–Crippen LogP) is 3.17. The highest BCUT2D eigenvalue weighted by atomic mass is 15.2. The van der Waals surface area contributed by atoms with Gasteiger partial charge in [0, 0.05) is 18.5 Å². The second-order valence-electron chi connectivity index (χ2n) is 5.87. The number of piperidine rings is 1. The van der Waals surface area contributed by atoms with Crippen molar-refractivity contribution in [1.29, 1.82) is 5.41 Å². The Hall–Kier alpha value is -1.35. The molecule has 3 heteroatoms. The molecule has 0 saturated carbocycles. The SMILES string of the molecule is CC1CCN(C(CC(=N)N)c2ccccc2)C(C)C1. The van der Waals surface area contributed by atoms with Crippen molar-refractivity contribution in [3.05, 3.63) is 35.9 Å². The fourth-order valence-electron chi connectivity index (χ4n) is 3.20. The normalized spacial score (nSPS) is 26.0. The Morgan fingerprint density at radius 2 is 2.05 bits per heavy atom. The van der Waals surface area contributed by atoms with Gasteiger partial charge in [-0.3, -0.25) is 10.3 Å². The van der Waals surface area contributed by atoms with Crippen LogP contribution in [0.2, 0.25) is 0 Å². The molecule has 2 rings (SSSR count). The van der Waals surface area contributed by atoms with Gasteiger partial charge < -0.3 is 5.73 Å². The summed E-state index contributed by atoms with van der Waals surface area (Å²) in [5, 5.41) is 7.65. The van der Waals surface area contributed by atoms with Crippen LogP contribution in [-0.2, 0) is 0 Å². The zero-order valence-electron chi connectivity index (χ0n) is 12.0. The number of hydrogen-bond acceptors (Lipinski definition) is 2. The third-order valence-corrected chi connectivity index (χ3v) is 4.19. The van der Waals surface area contributed by atoms with Crippen molar-refractivity contribution in [2.75, 3.05) is 6.54 Å². The first-order valence-corrected chi connectivity index (χ1v) is 7.21. The molecule has 0 radical (unpaired) electrons. The van der Waals surface area contributed by atoms with Crippen LogP contribution in [0.25, 0.3) is 0 Å². The lowest BCUT2D eigenvalue weighted by atomic mass is 9.89. The first-order valence-electron chi connectivity index (χ1n) is 7.21. The van der Waals surface area contributed by atoms with Gasteiger partial charge in [-0.05, 0) is 37.8 Å². The monoisotopic (exact) mass is 259 g/mol. The van der Waals surface area contributed by atoms with Crippen LogP contribution < -0.4 is 5.73 Å². The minimum Gasteiger partial charge on any atom is -0.388 e. The summed E-state index contributed by atoms with van der Waals surface area (Å²) in [6, 6.07) is 11.3. The van der Waals surface area contributed by atoms with Gasteiger partial charge in [0.1, 0.15) is 0 Å². The summed E-state index contributed by atoms with van der Waals surface area (Å²) in [5.74, 6) is 1.08. The van der Waals surface area contributed by atoms with Gasteiger partial charge >= 0.3 is 0 Å². The van der Waals surface area contributed by atoms with E-state index in [4.69, 9.17) is 11.1 Å². The van der Waals surface area contributed by atoms with E-state index < -0.39 is 0 Å². The maximum atomic E-state index is 7.65. The van der Waals surface area contributed by atoms with Crippen molar-refractivity contribution >= 4 is 5.84 Å². The van der Waals surface area contributed by atoms with Gasteiger partial charge in [-0.15, -0.1) is 0 Å². The van der Waals surface area contributed by atoms with E-state index in [0.717, 1.165) is 12.5 Å². The van der Waals surface area contributed by atoms with Crippen LogP contribution in [0, 0.1) is 11.3 Å². The molecule has 3 atom stereocenters. The van der Waals surface area contributed by atoms with Crippen molar-refractivity contribution in [2.24, 2.45) is 11.7 Å². The second-order valence-corrected chi connectivity index (χ2v) is 5.87. The van der Waals surface area contributed by atoms with Crippen LogP contribution >= 0.6 is 0 Å². The van der Waals surface area contributed by atoms with E-state index in [1.807, 2.05) is 6.07 Å². The molecule has 1 heterocycles. The van der Waals surface area contributed by atoms with Gasteiger partial charge in [0.05, 0.1) is 5.84 Å². The summed E-state index contributed by atoms with van der Waals surface area (Å²) in [4.78, 5) is 2.52. The molecule has 3 nitrogen and oxygen atoms in total. The van der Waals surface area contributed by atoms with E-state index in [0.29, 0.717) is 12.5 Å². The molecule has 0 aliphatic carbocycles. The number of benzene rings is 1. The molecule has 0 amide bonds. The highest BCUT2D eigenvalue weighted by molar-refractivity contribution is 5.77. The first kappa shape index (κ1) is 14.1. The fraction of sp³-hybridized carbons (Fsp3) is 0.562. The third kappa shape index (κ3) is 3.57. The van der Waals surface area contributed by atoms with Gasteiger partial charge in [-0.1, -0.05) is 37.3 Å². The summed E-state index contributed by atoms with van der Waals surface area (Å²) in [6.07, 6.45) is 3.11. The molecule has 0 bridgehead atoms. The standard InChI is InChI=1S/C16H25N3/c1-12-8-9-19(13(2)10-12)15(11-16(17)18)14-6-4-3-5-7-14/h3-7,12-13,15H,8-11H2,1-2H3,(H3,17,18). The van der Waals surface area contributed by atoms with E-state index in [1.54, 1.807) is 0 Å². The van der Waals surface area contributed by atoms with E-state index >= 15 is 0 Å². The van der Waals surface area contributed by atoms with Gasteiger partial charge in [-0.25, -0.2) is 0 Å². The maximum absolute atomic E-state index is 7.65. The average Bonchev–Trinajstić information content (AvgIpc) is 2.37. The molecule has 1 aliphatic heterocycles. The maximum Gasteiger partial charge on any atom is 0.0924 e. The Balaban J connectivity index is 2.20. The number of nitrogens with zero attached hydrogens (tertiary/aromatic N) is 1. The minimum absolute atomic E-state index is 0.251. The van der Waals surface area contributed by atoms with E-state index in [9.17, 15) is 0 Å². The van der Waals surface area contributed by atoms with E-state index in [2.05, 4.69) is 43.0 Å². The summed E-state index contributed by atoms with van der Waals surface area (Å²) in [5.41, 5.74) is 6.94.